The van der Waals surface area contributed by atoms with Gasteiger partial charge in [0.05, 0.1) is 30.4 Å². The lowest BCUT2D eigenvalue weighted by molar-refractivity contribution is 0.102. The van der Waals surface area contributed by atoms with Crippen molar-refractivity contribution in [1.82, 2.24) is 9.97 Å². The van der Waals surface area contributed by atoms with Crippen LogP contribution in [0.2, 0.25) is 0 Å². The van der Waals surface area contributed by atoms with Gasteiger partial charge in [-0.15, -0.1) is 0 Å². The minimum Gasteiger partial charge on any atom is -0.478 e. The maximum Gasteiger partial charge on any atom is 0.274 e. The number of nitrogen functional groups attached to an aromatic ring is 1. The lowest BCUT2D eigenvalue weighted by atomic mass is 10.3. The van der Waals surface area contributed by atoms with Gasteiger partial charge in [0.25, 0.3) is 5.91 Å². The quantitative estimate of drug-likeness (QED) is 0.871. The monoisotopic (exact) mass is 258 g/mol. The fourth-order valence-corrected chi connectivity index (χ4v) is 1.42. The Balaban J connectivity index is 2.04. The predicted molar refractivity (Wildman–Crippen MR) is 72.0 cm³/mol. The zero-order valence-electron chi connectivity index (χ0n) is 10.5. The molecule has 0 bridgehead atoms. The van der Waals surface area contributed by atoms with Crippen LogP contribution in [-0.2, 0) is 0 Å². The number of hydrogen-bond acceptors (Lipinski definition) is 5. The summed E-state index contributed by atoms with van der Waals surface area (Å²) in [5, 5.41) is 2.69. The number of hydrogen-bond donors (Lipinski definition) is 2. The summed E-state index contributed by atoms with van der Waals surface area (Å²) in [5.74, 6) is 0.206. The zero-order valence-corrected chi connectivity index (χ0v) is 10.5. The fourth-order valence-electron chi connectivity index (χ4n) is 1.42. The number of pyridine rings is 2. The van der Waals surface area contributed by atoms with E-state index in [1.807, 2.05) is 6.92 Å². The summed E-state index contributed by atoms with van der Waals surface area (Å²) in [4.78, 5) is 19.9. The summed E-state index contributed by atoms with van der Waals surface area (Å²) in [6.45, 7) is 2.43. The van der Waals surface area contributed by atoms with E-state index in [2.05, 4.69) is 15.3 Å². The lowest BCUT2D eigenvalue weighted by Gasteiger charge is -2.06. The van der Waals surface area contributed by atoms with Gasteiger partial charge < -0.3 is 15.8 Å². The predicted octanol–water partition coefficient (Wildman–Crippen LogP) is 1.71. The molecule has 6 heteroatoms. The Hall–Kier alpha value is -2.63. The molecule has 0 atom stereocenters. The molecule has 19 heavy (non-hydrogen) atoms. The van der Waals surface area contributed by atoms with Gasteiger partial charge >= 0.3 is 0 Å². The SMILES string of the molecule is CCOc1ccc(NC(=O)c2ccc(N)cn2)cn1. The lowest BCUT2D eigenvalue weighted by Crippen LogP contribution is -2.13. The van der Waals surface area contributed by atoms with E-state index in [9.17, 15) is 4.79 Å². The van der Waals surface area contributed by atoms with Crippen LogP contribution < -0.4 is 15.8 Å². The second-order valence-electron chi connectivity index (χ2n) is 3.75. The van der Waals surface area contributed by atoms with Crippen LogP contribution in [0.15, 0.2) is 36.7 Å². The minimum absolute atomic E-state index is 0.295. The standard InChI is InChI=1S/C13H14N4O2/c1-2-19-12-6-4-10(8-16-12)17-13(18)11-5-3-9(14)7-15-11/h3-8H,2,14H2,1H3,(H,17,18). The molecule has 6 nitrogen and oxygen atoms in total. The van der Waals surface area contributed by atoms with E-state index >= 15 is 0 Å². The average Bonchev–Trinajstić information content (AvgIpc) is 2.42. The molecule has 98 valence electrons. The van der Waals surface area contributed by atoms with Crippen molar-refractivity contribution in [3.05, 3.63) is 42.4 Å². The van der Waals surface area contributed by atoms with Gasteiger partial charge in [-0.25, -0.2) is 9.97 Å². The van der Waals surface area contributed by atoms with E-state index in [0.717, 1.165) is 0 Å². The molecule has 0 aliphatic heterocycles. The number of carbonyl (C=O) groups excluding carboxylic acids is 1. The Labute approximate surface area is 110 Å². The van der Waals surface area contributed by atoms with Crippen molar-refractivity contribution < 1.29 is 9.53 Å². The van der Waals surface area contributed by atoms with Gasteiger partial charge in [0.15, 0.2) is 0 Å². The number of nitrogens with one attached hydrogen (secondary N) is 1. The third-order valence-corrected chi connectivity index (χ3v) is 2.31. The molecule has 0 saturated carbocycles. The molecule has 0 spiro atoms. The van der Waals surface area contributed by atoms with Crippen molar-refractivity contribution in [3.63, 3.8) is 0 Å². The smallest absolute Gasteiger partial charge is 0.274 e. The highest BCUT2D eigenvalue weighted by Gasteiger charge is 2.07. The largest absolute Gasteiger partial charge is 0.478 e. The highest BCUT2D eigenvalue weighted by Crippen LogP contribution is 2.12. The summed E-state index contributed by atoms with van der Waals surface area (Å²) < 4.78 is 5.21. The molecule has 0 aliphatic carbocycles. The molecule has 0 radical (unpaired) electrons. The number of carbonyl (C=O) groups is 1. The van der Waals surface area contributed by atoms with Gasteiger partial charge in [0, 0.05) is 6.07 Å². The molecule has 0 aliphatic rings. The van der Waals surface area contributed by atoms with Crippen LogP contribution in [0.5, 0.6) is 5.88 Å². The first kappa shape index (κ1) is 12.8. The van der Waals surface area contributed by atoms with Crippen LogP contribution in [0.4, 0.5) is 11.4 Å². The molecular formula is C13H14N4O2. The molecular weight excluding hydrogens is 244 g/mol. The highest BCUT2D eigenvalue weighted by molar-refractivity contribution is 6.02. The summed E-state index contributed by atoms with van der Waals surface area (Å²) in [6, 6.07) is 6.59. The number of ether oxygens (including phenoxy) is 1. The Morgan fingerprint density at radius 3 is 2.68 bits per heavy atom. The van der Waals surface area contributed by atoms with E-state index in [0.29, 0.717) is 29.6 Å². The first-order valence-corrected chi connectivity index (χ1v) is 5.81. The summed E-state index contributed by atoms with van der Waals surface area (Å²) >= 11 is 0. The van der Waals surface area contributed by atoms with Gasteiger partial charge in [-0.05, 0) is 25.1 Å². The Bertz CT molecular complexity index is 552. The highest BCUT2D eigenvalue weighted by atomic mass is 16.5. The normalized spacial score (nSPS) is 9.95. The van der Waals surface area contributed by atoms with Crippen molar-refractivity contribution in [2.45, 2.75) is 6.92 Å². The van der Waals surface area contributed by atoms with Gasteiger partial charge in [-0.3, -0.25) is 4.79 Å². The van der Waals surface area contributed by atoms with E-state index in [4.69, 9.17) is 10.5 Å². The molecule has 2 heterocycles. The molecule has 0 unspecified atom stereocenters. The average molecular weight is 258 g/mol. The van der Waals surface area contributed by atoms with Gasteiger partial charge in [-0.2, -0.15) is 0 Å². The van der Waals surface area contributed by atoms with E-state index in [-0.39, 0.29) is 5.91 Å². The van der Waals surface area contributed by atoms with E-state index in [1.165, 1.54) is 12.4 Å². The number of nitrogens with zero attached hydrogens (tertiary/aromatic N) is 2. The summed E-state index contributed by atoms with van der Waals surface area (Å²) in [7, 11) is 0. The summed E-state index contributed by atoms with van der Waals surface area (Å²) in [5.41, 5.74) is 6.89. The van der Waals surface area contributed by atoms with Crippen molar-refractivity contribution in [3.8, 4) is 5.88 Å². The Kier molecular flexibility index (Phi) is 3.92. The van der Waals surface area contributed by atoms with Gasteiger partial charge in [0.2, 0.25) is 5.88 Å². The second-order valence-corrected chi connectivity index (χ2v) is 3.75. The molecule has 1 amide bonds. The van der Waals surface area contributed by atoms with Crippen LogP contribution >= 0.6 is 0 Å². The van der Waals surface area contributed by atoms with Crippen LogP contribution in [0.3, 0.4) is 0 Å². The second kappa shape index (κ2) is 5.81. The number of amides is 1. The van der Waals surface area contributed by atoms with Crippen molar-refractivity contribution >= 4 is 17.3 Å². The number of aromatic nitrogens is 2. The molecule has 0 fully saturated rings. The van der Waals surface area contributed by atoms with Crippen molar-refractivity contribution in [2.75, 3.05) is 17.7 Å². The number of anilines is 2. The Morgan fingerprint density at radius 1 is 1.26 bits per heavy atom. The topological polar surface area (TPSA) is 90.1 Å². The molecule has 2 aromatic rings. The number of rotatable bonds is 4. The maximum absolute atomic E-state index is 11.9. The van der Waals surface area contributed by atoms with Crippen molar-refractivity contribution in [1.29, 1.82) is 0 Å². The molecule has 2 aromatic heterocycles. The molecule has 0 aromatic carbocycles. The first-order valence-electron chi connectivity index (χ1n) is 5.81. The number of nitrogens with two attached hydrogens (primary N) is 1. The zero-order chi connectivity index (χ0) is 13.7. The van der Waals surface area contributed by atoms with Crippen LogP contribution in [-0.4, -0.2) is 22.5 Å². The van der Waals surface area contributed by atoms with Gasteiger partial charge in [0.1, 0.15) is 5.69 Å². The van der Waals surface area contributed by atoms with Crippen molar-refractivity contribution in [2.24, 2.45) is 0 Å². The maximum atomic E-state index is 11.9. The molecule has 0 saturated heterocycles. The fraction of sp³-hybridized carbons (Fsp3) is 0.154. The van der Waals surface area contributed by atoms with Crippen LogP contribution in [0.1, 0.15) is 17.4 Å². The third-order valence-electron chi connectivity index (χ3n) is 2.31. The van der Waals surface area contributed by atoms with E-state index < -0.39 is 0 Å². The van der Waals surface area contributed by atoms with Crippen LogP contribution in [0.25, 0.3) is 0 Å². The molecule has 2 rings (SSSR count). The van der Waals surface area contributed by atoms with Crippen LogP contribution in [0, 0.1) is 0 Å². The summed E-state index contributed by atoms with van der Waals surface area (Å²) in [6.07, 6.45) is 2.96. The Morgan fingerprint density at radius 2 is 2.11 bits per heavy atom. The van der Waals surface area contributed by atoms with Gasteiger partial charge in [-0.1, -0.05) is 0 Å². The van der Waals surface area contributed by atoms with E-state index in [1.54, 1.807) is 24.3 Å². The minimum atomic E-state index is -0.314. The third kappa shape index (κ3) is 3.41. The first-order chi connectivity index (χ1) is 9.19. The molecule has 3 N–H and O–H groups in total.